The Labute approximate surface area is 171 Å². The van der Waals surface area contributed by atoms with Gasteiger partial charge in [-0.25, -0.2) is 8.42 Å². The van der Waals surface area contributed by atoms with Gasteiger partial charge < -0.3 is 4.74 Å². The number of sulfonamides is 1. The van der Waals surface area contributed by atoms with Crippen LogP contribution in [0.2, 0.25) is 0 Å². The van der Waals surface area contributed by atoms with Gasteiger partial charge in [-0.3, -0.25) is 9.71 Å². The van der Waals surface area contributed by atoms with E-state index in [-0.39, 0.29) is 4.90 Å². The number of hydrogen-bond donors (Lipinski definition) is 1. The van der Waals surface area contributed by atoms with E-state index in [4.69, 9.17) is 4.74 Å². The van der Waals surface area contributed by atoms with Crippen molar-refractivity contribution in [2.24, 2.45) is 0 Å². The number of aromatic nitrogens is 1. The molecule has 0 radical (unpaired) electrons. The number of methoxy groups -OCH3 is 1. The van der Waals surface area contributed by atoms with Gasteiger partial charge in [-0.1, -0.05) is 17.9 Å². The van der Waals surface area contributed by atoms with Crippen LogP contribution in [0.3, 0.4) is 0 Å². The predicted molar refractivity (Wildman–Crippen MR) is 115 cm³/mol. The molecule has 1 aromatic heterocycles. The highest BCUT2D eigenvalue weighted by molar-refractivity contribution is 7.92. The van der Waals surface area contributed by atoms with Crippen molar-refractivity contribution in [2.45, 2.75) is 25.7 Å². The number of anilines is 1. The SMILES string of the molecule is COc1ccc(S(=O)(=O)Nc2ccc(C)cc2C#Cc2cccnc2)c(C)c1C. The third-order valence-corrected chi connectivity index (χ3v) is 6.13. The summed E-state index contributed by atoms with van der Waals surface area (Å²) in [7, 11) is -2.23. The summed E-state index contributed by atoms with van der Waals surface area (Å²) < 4.78 is 34.1. The number of nitrogens with zero attached hydrogens (tertiary/aromatic N) is 1. The highest BCUT2D eigenvalue weighted by Gasteiger charge is 2.20. The van der Waals surface area contributed by atoms with E-state index in [1.165, 1.54) is 0 Å². The topological polar surface area (TPSA) is 68.3 Å². The molecule has 29 heavy (non-hydrogen) atoms. The second kappa shape index (κ2) is 8.38. The molecule has 2 aromatic carbocycles. The average Bonchev–Trinajstić information content (AvgIpc) is 2.70. The first-order valence-electron chi connectivity index (χ1n) is 9.01. The lowest BCUT2D eigenvalue weighted by Gasteiger charge is -2.15. The van der Waals surface area contributed by atoms with Crippen LogP contribution in [0.1, 0.15) is 27.8 Å². The van der Waals surface area contributed by atoms with Gasteiger partial charge in [0, 0.05) is 23.5 Å². The van der Waals surface area contributed by atoms with Gasteiger partial charge in [0.25, 0.3) is 10.0 Å². The molecule has 0 unspecified atom stereocenters. The Morgan fingerprint density at radius 3 is 2.48 bits per heavy atom. The van der Waals surface area contributed by atoms with Crippen LogP contribution in [-0.2, 0) is 10.0 Å². The Balaban J connectivity index is 2.00. The first kappa shape index (κ1) is 20.4. The highest BCUT2D eigenvalue weighted by atomic mass is 32.2. The number of nitrogens with one attached hydrogen (secondary N) is 1. The fraction of sp³-hybridized carbons (Fsp3) is 0.174. The predicted octanol–water partition coefficient (Wildman–Crippen LogP) is 4.22. The number of hydrogen-bond acceptors (Lipinski definition) is 4. The Bertz CT molecular complexity index is 1210. The molecule has 1 N–H and O–H groups in total. The number of pyridine rings is 1. The number of ether oxygens (including phenoxy) is 1. The molecule has 3 rings (SSSR count). The number of benzene rings is 2. The van der Waals surface area contributed by atoms with E-state index in [1.54, 1.807) is 50.7 Å². The summed E-state index contributed by atoms with van der Waals surface area (Å²) in [5.74, 6) is 6.73. The molecule has 0 spiro atoms. The summed E-state index contributed by atoms with van der Waals surface area (Å²) in [5.41, 5.74) is 4.20. The Hall–Kier alpha value is -3.30. The quantitative estimate of drug-likeness (QED) is 0.659. The summed E-state index contributed by atoms with van der Waals surface area (Å²) in [6.07, 6.45) is 3.34. The summed E-state index contributed by atoms with van der Waals surface area (Å²) in [4.78, 5) is 4.25. The second-order valence-electron chi connectivity index (χ2n) is 6.66. The minimum Gasteiger partial charge on any atom is -0.496 e. The zero-order valence-electron chi connectivity index (χ0n) is 16.8. The molecule has 6 heteroatoms. The summed E-state index contributed by atoms with van der Waals surface area (Å²) >= 11 is 0. The van der Waals surface area contributed by atoms with E-state index in [0.29, 0.717) is 22.6 Å². The van der Waals surface area contributed by atoms with Gasteiger partial charge in [0.2, 0.25) is 0 Å². The van der Waals surface area contributed by atoms with Gasteiger partial charge in [0.05, 0.1) is 17.7 Å². The summed E-state index contributed by atoms with van der Waals surface area (Å²) in [5, 5.41) is 0. The molecule has 0 saturated carbocycles. The molecule has 0 aliphatic rings. The smallest absolute Gasteiger partial charge is 0.262 e. The van der Waals surface area contributed by atoms with Crippen LogP contribution in [0.25, 0.3) is 0 Å². The molecule has 0 aliphatic heterocycles. The van der Waals surface area contributed by atoms with Crippen LogP contribution < -0.4 is 9.46 Å². The minimum absolute atomic E-state index is 0.211. The third-order valence-electron chi connectivity index (χ3n) is 4.62. The number of rotatable bonds is 4. The summed E-state index contributed by atoms with van der Waals surface area (Å²) in [6, 6.07) is 12.3. The minimum atomic E-state index is -3.80. The molecular weight excluding hydrogens is 384 g/mol. The summed E-state index contributed by atoms with van der Waals surface area (Å²) in [6.45, 7) is 5.54. The molecule has 0 fully saturated rings. The molecule has 0 bridgehead atoms. The van der Waals surface area contributed by atoms with Crippen molar-refractivity contribution in [2.75, 3.05) is 11.8 Å². The van der Waals surface area contributed by atoms with Gasteiger partial charge in [0.1, 0.15) is 5.75 Å². The van der Waals surface area contributed by atoms with E-state index in [0.717, 1.165) is 16.7 Å². The van der Waals surface area contributed by atoms with Crippen LogP contribution >= 0.6 is 0 Å². The zero-order valence-corrected chi connectivity index (χ0v) is 17.6. The van der Waals surface area contributed by atoms with Gasteiger partial charge in [-0.2, -0.15) is 0 Å². The van der Waals surface area contributed by atoms with Crippen molar-refractivity contribution in [1.82, 2.24) is 4.98 Å². The second-order valence-corrected chi connectivity index (χ2v) is 8.31. The van der Waals surface area contributed by atoms with Crippen molar-refractivity contribution in [1.29, 1.82) is 0 Å². The van der Waals surface area contributed by atoms with Crippen molar-refractivity contribution in [3.05, 3.63) is 82.7 Å². The van der Waals surface area contributed by atoms with Gasteiger partial charge in [-0.05, 0) is 73.9 Å². The largest absolute Gasteiger partial charge is 0.496 e. The Morgan fingerprint density at radius 1 is 1.00 bits per heavy atom. The molecule has 5 nitrogen and oxygen atoms in total. The molecule has 3 aromatic rings. The number of aryl methyl sites for hydroxylation is 1. The van der Waals surface area contributed by atoms with Crippen molar-refractivity contribution in [3.8, 4) is 17.6 Å². The van der Waals surface area contributed by atoms with Gasteiger partial charge in [0.15, 0.2) is 0 Å². The average molecular weight is 407 g/mol. The van der Waals surface area contributed by atoms with E-state index in [9.17, 15) is 8.42 Å². The van der Waals surface area contributed by atoms with E-state index in [1.807, 2.05) is 32.0 Å². The van der Waals surface area contributed by atoms with Crippen molar-refractivity contribution >= 4 is 15.7 Å². The standard InChI is InChI=1S/C23H22N2O3S/c1-16-7-10-21(20(14-16)9-8-19-6-5-13-24-15-19)25-29(26,27)23-12-11-22(28-4)17(2)18(23)3/h5-7,10-15,25H,1-4H3. The third kappa shape index (κ3) is 4.58. The molecule has 0 atom stereocenters. The Kier molecular flexibility index (Phi) is 5.90. The maximum Gasteiger partial charge on any atom is 0.262 e. The van der Waals surface area contributed by atoms with E-state index < -0.39 is 10.0 Å². The van der Waals surface area contributed by atoms with Crippen LogP contribution in [0.5, 0.6) is 5.75 Å². The molecule has 1 heterocycles. The van der Waals surface area contributed by atoms with Crippen LogP contribution in [0.15, 0.2) is 59.8 Å². The molecule has 0 saturated heterocycles. The monoisotopic (exact) mass is 406 g/mol. The lowest BCUT2D eigenvalue weighted by atomic mass is 10.1. The normalized spacial score (nSPS) is 10.8. The van der Waals surface area contributed by atoms with E-state index in [2.05, 4.69) is 21.5 Å². The lowest BCUT2D eigenvalue weighted by Crippen LogP contribution is -2.16. The molecule has 0 amide bonds. The van der Waals surface area contributed by atoms with E-state index >= 15 is 0 Å². The zero-order chi connectivity index (χ0) is 21.0. The highest BCUT2D eigenvalue weighted by Crippen LogP contribution is 2.29. The Morgan fingerprint density at radius 2 is 1.79 bits per heavy atom. The van der Waals surface area contributed by atoms with Crippen molar-refractivity contribution < 1.29 is 13.2 Å². The van der Waals surface area contributed by atoms with Gasteiger partial charge in [-0.15, -0.1) is 0 Å². The first-order chi connectivity index (χ1) is 13.8. The van der Waals surface area contributed by atoms with Gasteiger partial charge >= 0.3 is 0 Å². The molecule has 148 valence electrons. The van der Waals surface area contributed by atoms with Crippen molar-refractivity contribution in [3.63, 3.8) is 0 Å². The lowest BCUT2D eigenvalue weighted by molar-refractivity contribution is 0.411. The maximum absolute atomic E-state index is 13.1. The molecule has 0 aliphatic carbocycles. The van der Waals surface area contributed by atoms with Crippen LogP contribution in [0.4, 0.5) is 5.69 Å². The van der Waals surface area contributed by atoms with Crippen LogP contribution in [-0.4, -0.2) is 20.5 Å². The molecular formula is C23H22N2O3S. The maximum atomic E-state index is 13.1. The first-order valence-corrected chi connectivity index (χ1v) is 10.5. The fourth-order valence-corrected chi connectivity index (χ4v) is 4.29. The van der Waals surface area contributed by atoms with Crippen LogP contribution in [0, 0.1) is 32.6 Å². The fourth-order valence-electron chi connectivity index (χ4n) is 2.91.